The standard InChI is InChI=1S/C4H5FO2/c1-2-7-4(6)3-5/h1H,2-3H2. The van der Waals surface area contributed by atoms with Crippen LogP contribution in [-0.2, 0) is 9.53 Å². The van der Waals surface area contributed by atoms with E-state index in [9.17, 15) is 9.18 Å². The van der Waals surface area contributed by atoms with E-state index in [1.165, 1.54) is 0 Å². The number of rotatable bonds is 2. The van der Waals surface area contributed by atoms with E-state index in [4.69, 9.17) is 6.92 Å². The average Bonchev–Trinajstić information content (AvgIpc) is 1.68. The lowest BCUT2D eigenvalue weighted by molar-refractivity contribution is -0.143. The van der Waals surface area contributed by atoms with Gasteiger partial charge in [0.25, 0.3) is 0 Å². The van der Waals surface area contributed by atoms with E-state index in [1.807, 2.05) is 0 Å². The molecule has 0 atom stereocenters. The fourth-order valence-electron chi connectivity index (χ4n) is 0.132. The third-order valence-electron chi connectivity index (χ3n) is 0.353. The third kappa shape index (κ3) is 3.22. The molecule has 0 aliphatic heterocycles. The molecule has 7 heavy (non-hydrogen) atoms. The number of carbonyl (C=O) groups excluding carboxylic acids is 1. The molecule has 0 saturated carbocycles. The van der Waals surface area contributed by atoms with E-state index in [0.717, 1.165) is 0 Å². The van der Waals surface area contributed by atoms with Crippen molar-refractivity contribution in [3.05, 3.63) is 6.92 Å². The minimum absolute atomic E-state index is 0.247. The smallest absolute Gasteiger partial charge is 0.337 e. The molecule has 0 saturated heterocycles. The molecule has 0 heterocycles. The fourth-order valence-corrected chi connectivity index (χ4v) is 0.132. The lowest BCUT2D eigenvalue weighted by Crippen LogP contribution is -2.04. The molecule has 0 bridgehead atoms. The summed E-state index contributed by atoms with van der Waals surface area (Å²) in [6.07, 6.45) is 0. The zero-order valence-electron chi connectivity index (χ0n) is 3.69. The Bertz CT molecular complexity index is 62.7. The predicted octanol–water partition coefficient (Wildman–Crippen LogP) is 0.210. The number of halogens is 1. The van der Waals surface area contributed by atoms with Crippen LogP contribution in [0, 0.1) is 6.92 Å². The Balaban J connectivity index is 3.00. The quantitative estimate of drug-likeness (QED) is 0.468. The highest BCUT2D eigenvalue weighted by molar-refractivity contribution is 5.70. The molecule has 0 aromatic carbocycles. The molecule has 2 nitrogen and oxygen atoms in total. The first kappa shape index (κ1) is 6.40. The van der Waals surface area contributed by atoms with Crippen molar-refractivity contribution in [3.63, 3.8) is 0 Å². The Morgan fingerprint density at radius 2 is 2.43 bits per heavy atom. The summed E-state index contributed by atoms with van der Waals surface area (Å²) >= 11 is 0. The summed E-state index contributed by atoms with van der Waals surface area (Å²) in [5, 5.41) is 0. The van der Waals surface area contributed by atoms with E-state index in [0.29, 0.717) is 0 Å². The van der Waals surface area contributed by atoms with Crippen LogP contribution >= 0.6 is 0 Å². The Morgan fingerprint density at radius 1 is 1.86 bits per heavy atom. The second-order valence-corrected chi connectivity index (χ2v) is 0.817. The summed E-state index contributed by atoms with van der Waals surface area (Å²) in [4.78, 5) is 9.73. The zero-order chi connectivity index (χ0) is 5.70. The van der Waals surface area contributed by atoms with Crippen LogP contribution in [0.2, 0.25) is 0 Å². The first-order valence-corrected chi connectivity index (χ1v) is 1.73. The van der Waals surface area contributed by atoms with Gasteiger partial charge in [-0.2, -0.15) is 0 Å². The van der Waals surface area contributed by atoms with Gasteiger partial charge >= 0.3 is 5.97 Å². The van der Waals surface area contributed by atoms with Crippen molar-refractivity contribution < 1.29 is 13.9 Å². The van der Waals surface area contributed by atoms with Crippen molar-refractivity contribution >= 4 is 5.97 Å². The van der Waals surface area contributed by atoms with Crippen molar-refractivity contribution in [3.8, 4) is 0 Å². The second-order valence-electron chi connectivity index (χ2n) is 0.817. The molecule has 3 heteroatoms. The molecule has 0 unspecified atom stereocenters. The van der Waals surface area contributed by atoms with Crippen molar-refractivity contribution in [1.82, 2.24) is 0 Å². The van der Waals surface area contributed by atoms with Gasteiger partial charge in [0.05, 0.1) is 6.61 Å². The number of alkyl halides is 1. The number of hydrogen-bond acceptors (Lipinski definition) is 2. The summed E-state index contributed by atoms with van der Waals surface area (Å²) in [6, 6.07) is 0. The van der Waals surface area contributed by atoms with Crippen molar-refractivity contribution in [1.29, 1.82) is 0 Å². The summed E-state index contributed by atoms with van der Waals surface area (Å²) < 4.78 is 15.0. The van der Waals surface area contributed by atoms with E-state index in [-0.39, 0.29) is 6.61 Å². The summed E-state index contributed by atoms with van der Waals surface area (Å²) in [7, 11) is 0. The molecule has 0 aliphatic rings. The molecule has 0 fully saturated rings. The van der Waals surface area contributed by atoms with Gasteiger partial charge in [-0.3, -0.25) is 0 Å². The maximum Gasteiger partial charge on any atom is 0.337 e. The molecule has 0 N–H and O–H groups in total. The highest BCUT2D eigenvalue weighted by Crippen LogP contribution is 1.75. The lowest BCUT2D eigenvalue weighted by Gasteiger charge is -1.91. The molecule has 0 spiro atoms. The van der Waals surface area contributed by atoms with Gasteiger partial charge in [0.1, 0.15) is 0 Å². The lowest BCUT2D eigenvalue weighted by atomic mass is 10.7. The molecular weight excluding hydrogens is 99.0 g/mol. The largest absolute Gasteiger partial charge is 0.463 e. The van der Waals surface area contributed by atoms with Gasteiger partial charge in [0.2, 0.25) is 0 Å². The Morgan fingerprint density at radius 3 is 2.57 bits per heavy atom. The third-order valence-corrected chi connectivity index (χ3v) is 0.353. The molecular formula is C4H5FO2. The monoisotopic (exact) mass is 104 g/mol. The zero-order valence-corrected chi connectivity index (χ0v) is 3.69. The number of hydrogen-bond donors (Lipinski definition) is 0. The highest BCUT2D eigenvalue weighted by Gasteiger charge is 1.94. The van der Waals surface area contributed by atoms with Crippen LogP contribution in [0.5, 0.6) is 0 Å². The molecule has 0 amide bonds. The fraction of sp³-hybridized carbons (Fsp3) is 0.500. The van der Waals surface area contributed by atoms with Crippen LogP contribution in [0.4, 0.5) is 4.39 Å². The second kappa shape index (κ2) is 3.59. The Hall–Kier alpha value is -0.600. The minimum atomic E-state index is -1.10. The van der Waals surface area contributed by atoms with Gasteiger partial charge in [-0.25, -0.2) is 9.18 Å². The van der Waals surface area contributed by atoms with Crippen LogP contribution in [0.25, 0.3) is 0 Å². The molecule has 2 radical (unpaired) electrons. The Labute approximate surface area is 41.3 Å². The van der Waals surface area contributed by atoms with E-state index in [2.05, 4.69) is 4.74 Å². The van der Waals surface area contributed by atoms with Gasteiger partial charge in [-0.1, -0.05) is 0 Å². The number of carbonyl (C=O) groups is 1. The number of ether oxygens (including phenoxy) is 1. The minimum Gasteiger partial charge on any atom is -0.463 e. The summed E-state index contributed by atoms with van der Waals surface area (Å²) in [5.41, 5.74) is 0. The van der Waals surface area contributed by atoms with Crippen molar-refractivity contribution in [2.75, 3.05) is 13.3 Å². The first-order valence-electron chi connectivity index (χ1n) is 1.73. The maximum atomic E-state index is 11.0. The van der Waals surface area contributed by atoms with Crippen molar-refractivity contribution in [2.24, 2.45) is 0 Å². The van der Waals surface area contributed by atoms with Gasteiger partial charge in [-0.15, -0.1) is 0 Å². The summed E-state index contributed by atoms with van der Waals surface area (Å²) in [5.74, 6) is -0.914. The average molecular weight is 104 g/mol. The van der Waals surface area contributed by atoms with E-state index < -0.39 is 12.6 Å². The van der Waals surface area contributed by atoms with Gasteiger partial charge in [-0.05, 0) is 0 Å². The highest BCUT2D eigenvalue weighted by atomic mass is 19.1. The Kier molecular flexibility index (Phi) is 3.28. The molecule has 0 aliphatic carbocycles. The van der Waals surface area contributed by atoms with Crippen LogP contribution < -0.4 is 0 Å². The summed E-state index contributed by atoms with van der Waals surface area (Å²) in [6.45, 7) is 3.35. The maximum absolute atomic E-state index is 11.0. The van der Waals surface area contributed by atoms with Gasteiger partial charge in [0.15, 0.2) is 6.67 Å². The van der Waals surface area contributed by atoms with Crippen LogP contribution in [0.3, 0.4) is 0 Å². The molecule has 40 valence electrons. The SMILES string of the molecule is [CH]COC(=O)CF. The van der Waals surface area contributed by atoms with Crippen LogP contribution in [0.15, 0.2) is 0 Å². The van der Waals surface area contributed by atoms with Crippen molar-refractivity contribution in [2.45, 2.75) is 0 Å². The topological polar surface area (TPSA) is 26.3 Å². The molecule has 0 aromatic heterocycles. The predicted molar refractivity (Wildman–Crippen MR) is 21.2 cm³/mol. The molecule has 0 rings (SSSR count). The number of esters is 1. The van der Waals surface area contributed by atoms with E-state index in [1.54, 1.807) is 0 Å². The van der Waals surface area contributed by atoms with Gasteiger partial charge in [0, 0.05) is 6.92 Å². The van der Waals surface area contributed by atoms with Crippen LogP contribution in [-0.4, -0.2) is 19.3 Å². The molecule has 0 aromatic rings. The van der Waals surface area contributed by atoms with E-state index >= 15 is 0 Å². The van der Waals surface area contributed by atoms with Crippen LogP contribution in [0.1, 0.15) is 0 Å². The normalized spacial score (nSPS) is 8.29. The van der Waals surface area contributed by atoms with Gasteiger partial charge < -0.3 is 4.74 Å². The first-order chi connectivity index (χ1) is 3.31.